The molecule has 1 aliphatic carbocycles. The molecule has 1 saturated carbocycles. The van der Waals surface area contributed by atoms with Crippen LogP contribution < -0.4 is 10.2 Å². The molecule has 2 aliphatic heterocycles. The predicted molar refractivity (Wildman–Crippen MR) is 152 cm³/mol. The van der Waals surface area contributed by atoms with Crippen LogP contribution in [0.4, 0.5) is 5.69 Å². The lowest BCUT2D eigenvalue weighted by molar-refractivity contribution is -0.142. The number of aliphatic carboxylic acids is 1. The molecule has 3 unspecified atom stereocenters. The van der Waals surface area contributed by atoms with Crippen molar-refractivity contribution < 1.29 is 24.6 Å². The van der Waals surface area contributed by atoms with Gasteiger partial charge in [-0.05, 0) is 48.4 Å². The number of anilines is 1. The van der Waals surface area contributed by atoms with Crippen molar-refractivity contribution in [2.24, 2.45) is 5.92 Å². The third-order valence-corrected chi connectivity index (χ3v) is 9.67. The second-order valence-corrected chi connectivity index (χ2v) is 11.7. The average molecular weight is 591 g/mol. The van der Waals surface area contributed by atoms with Crippen molar-refractivity contribution >= 4 is 64.5 Å². The van der Waals surface area contributed by atoms with Crippen LogP contribution in [0.15, 0.2) is 47.4 Å². The van der Waals surface area contributed by atoms with Crippen LogP contribution in [-0.2, 0) is 20.8 Å². The molecule has 2 fully saturated rings. The van der Waals surface area contributed by atoms with E-state index in [0.29, 0.717) is 41.5 Å². The van der Waals surface area contributed by atoms with Gasteiger partial charge in [0.15, 0.2) is 0 Å². The molecule has 2 aromatic carbocycles. The van der Waals surface area contributed by atoms with Crippen molar-refractivity contribution in [1.29, 1.82) is 0 Å². The van der Waals surface area contributed by atoms with Crippen LogP contribution in [0.5, 0.6) is 0 Å². The number of para-hydroxylation sites is 1. The van der Waals surface area contributed by atoms with Crippen LogP contribution in [0.3, 0.4) is 0 Å². The van der Waals surface area contributed by atoms with E-state index >= 15 is 0 Å². The van der Waals surface area contributed by atoms with E-state index in [1.54, 1.807) is 15.9 Å². The minimum absolute atomic E-state index is 0.135. The molecule has 5 rings (SSSR count). The van der Waals surface area contributed by atoms with E-state index in [2.05, 4.69) is 5.32 Å². The molecular formula is C28H29Cl2N3O5S. The summed E-state index contributed by atoms with van der Waals surface area (Å²) in [5.74, 6) is -1.63. The fourth-order valence-electron chi connectivity index (χ4n) is 5.54. The molecule has 2 amide bonds. The number of likely N-dealkylation sites (tertiary alicyclic amines) is 1. The molecule has 206 valence electrons. The van der Waals surface area contributed by atoms with Crippen molar-refractivity contribution in [3.63, 3.8) is 0 Å². The number of aliphatic hydroxyl groups excluding tert-OH is 1. The Balaban J connectivity index is 1.18. The van der Waals surface area contributed by atoms with Gasteiger partial charge in [0.25, 0.3) is 0 Å². The van der Waals surface area contributed by atoms with Gasteiger partial charge in [0.05, 0.1) is 22.5 Å². The van der Waals surface area contributed by atoms with Gasteiger partial charge >= 0.3 is 5.97 Å². The van der Waals surface area contributed by atoms with Crippen LogP contribution >= 0.6 is 35.0 Å². The van der Waals surface area contributed by atoms with Gasteiger partial charge in [-0.25, -0.2) is 0 Å². The van der Waals surface area contributed by atoms with Crippen molar-refractivity contribution in [2.45, 2.75) is 48.4 Å². The van der Waals surface area contributed by atoms with Crippen molar-refractivity contribution in [3.05, 3.63) is 63.6 Å². The van der Waals surface area contributed by atoms with E-state index in [-0.39, 0.29) is 30.6 Å². The van der Waals surface area contributed by atoms with E-state index in [4.69, 9.17) is 23.2 Å². The van der Waals surface area contributed by atoms with Gasteiger partial charge in [0.1, 0.15) is 11.8 Å². The fraction of sp³-hybridized carbons (Fsp3) is 0.393. The molecular weight excluding hydrogens is 561 g/mol. The average Bonchev–Trinajstić information content (AvgIpc) is 3.54. The van der Waals surface area contributed by atoms with Crippen molar-refractivity contribution in [1.82, 2.24) is 10.2 Å². The smallest absolute Gasteiger partial charge is 0.326 e. The molecule has 3 atom stereocenters. The van der Waals surface area contributed by atoms with E-state index in [0.717, 1.165) is 16.1 Å². The Hall–Kier alpha value is -2.56. The highest BCUT2D eigenvalue weighted by molar-refractivity contribution is 7.98. The number of carboxylic acid groups (broad SMARTS) is 1. The first kappa shape index (κ1) is 28.0. The topological polar surface area (TPSA) is 110 Å². The van der Waals surface area contributed by atoms with Gasteiger partial charge in [-0.15, -0.1) is 11.8 Å². The number of nitrogens with one attached hydrogen (secondary N) is 1. The summed E-state index contributed by atoms with van der Waals surface area (Å²) in [5.41, 5.74) is 0.854. The Morgan fingerprint density at radius 3 is 2.56 bits per heavy atom. The molecule has 3 N–H and O–H groups in total. The first-order valence-corrected chi connectivity index (χ1v) is 14.7. The number of fused-ring (bicyclic) bond motifs is 1. The second kappa shape index (κ2) is 11.1. The maximum Gasteiger partial charge on any atom is 0.326 e. The van der Waals surface area contributed by atoms with Crippen LogP contribution in [0.1, 0.15) is 30.4 Å². The number of aliphatic hydroxyl groups is 1. The standard InChI is InChI=1S/C28H29Cl2N3O5S/c1-39-20-8-6-16(24(29)25(20)30)7-9-22(34)32-12-10-17(11-13-32)26(36)31-28(27(37)38)15-21(28)33-19-5-3-2-4-18(19)14-23(33)35/h2-9,17,21,26,31,36H,10-15H2,1H3,(H,37,38)/b9-7+. The van der Waals surface area contributed by atoms with Crippen LogP contribution in [0.25, 0.3) is 6.08 Å². The summed E-state index contributed by atoms with van der Waals surface area (Å²) in [5, 5.41) is 24.8. The van der Waals surface area contributed by atoms with Gasteiger partial charge in [-0.2, -0.15) is 0 Å². The molecule has 3 aliphatic rings. The normalized spacial score (nSPS) is 23.8. The number of nitrogens with zero attached hydrogens (tertiary/aromatic N) is 2. The van der Waals surface area contributed by atoms with Crippen molar-refractivity contribution in [3.8, 4) is 0 Å². The predicted octanol–water partition coefficient (Wildman–Crippen LogP) is 4.06. The second-order valence-electron chi connectivity index (χ2n) is 10.1. The molecule has 1 saturated heterocycles. The highest BCUT2D eigenvalue weighted by Gasteiger charge is 2.66. The molecule has 39 heavy (non-hydrogen) atoms. The molecule has 8 nitrogen and oxygen atoms in total. The molecule has 0 aromatic heterocycles. The number of carboxylic acids is 1. The Morgan fingerprint density at radius 1 is 1.15 bits per heavy atom. The number of rotatable bonds is 8. The van der Waals surface area contributed by atoms with Gasteiger partial charge in [0.2, 0.25) is 11.8 Å². The Kier molecular flexibility index (Phi) is 7.99. The number of benzene rings is 2. The maximum absolute atomic E-state index is 12.8. The van der Waals surface area contributed by atoms with Crippen LogP contribution in [0.2, 0.25) is 10.0 Å². The number of halogens is 2. The highest BCUT2D eigenvalue weighted by atomic mass is 35.5. The van der Waals surface area contributed by atoms with Gasteiger partial charge in [-0.1, -0.05) is 47.5 Å². The molecule has 0 spiro atoms. The SMILES string of the molecule is CSc1ccc(/C=C/C(=O)N2CCC(C(O)NC3(C(=O)O)CC3N3C(=O)Cc4ccccc43)CC2)c(Cl)c1Cl. The lowest BCUT2D eigenvalue weighted by Gasteiger charge is -2.35. The zero-order chi connectivity index (χ0) is 27.9. The van der Waals surface area contributed by atoms with Crippen molar-refractivity contribution in [2.75, 3.05) is 24.2 Å². The number of carbonyl (C=O) groups is 3. The summed E-state index contributed by atoms with van der Waals surface area (Å²) < 4.78 is 0. The zero-order valence-electron chi connectivity index (χ0n) is 21.3. The Morgan fingerprint density at radius 2 is 1.87 bits per heavy atom. The summed E-state index contributed by atoms with van der Waals surface area (Å²) in [4.78, 5) is 41.9. The van der Waals surface area contributed by atoms with E-state index < -0.39 is 23.8 Å². The van der Waals surface area contributed by atoms with Crippen LogP contribution in [0, 0.1) is 5.92 Å². The Labute approximate surface area is 240 Å². The number of piperidine rings is 1. The lowest BCUT2D eigenvalue weighted by Crippen LogP contribution is -2.55. The number of hydrogen-bond donors (Lipinski definition) is 3. The number of thioether (sulfide) groups is 1. The van der Waals surface area contributed by atoms with Gasteiger partial charge < -0.3 is 20.0 Å². The number of hydrogen-bond acceptors (Lipinski definition) is 6. The summed E-state index contributed by atoms with van der Waals surface area (Å²) in [6.45, 7) is 0.849. The van der Waals surface area contributed by atoms with E-state index in [9.17, 15) is 24.6 Å². The molecule has 11 heteroatoms. The quantitative estimate of drug-likeness (QED) is 0.242. The fourth-order valence-corrected chi connectivity index (χ4v) is 6.71. The first-order valence-electron chi connectivity index (χ1n) is 12.7. The van der Waals surface area contributed by atoms with Gasteiger partial charge in [-0.3, -0.25) is 19.7 Å². The lowest BCUT2D eigenvalue weighted by atomic mass is 9.94. The molecule has 2 aromatic rings. The minimum Gasteiger partial charge on any atom is -0.480 e. The minimum atomic E-state index is -1.41. The zero-order valence-corrected chi connectivity index (χ0v) is 23.6. The third-order valence-electron chi connectivity index (χ3n) is 7.88. The number of amides is 2. The van der Waals surface area contributed by atoms with Crippen LogP contribution in [-0.4, -0.2) is 70.1 Å². The largest absolute Gasteiger partial charge is 0.480 e. The maximum atomic E-state index is 12.8. The summed E-state index contributed by atoms with van der Waals surface area (Å²) in [6, 6.07) is 10.5. The number of carbonyl (C=O) groups excluding carboxylic acids is 2. The summed E-state index contributed by atoms with van der Waals surface area (Å²) >= 11 is 14.1. The Bertz CT molecular complexity index is 1350. The molecule has 0 bridgehead atoms. The first-order chi connectivity index (χ1) is 18.7. The third kappa shape index (κ3) is 5.30. The van der Waals surface area contributed by atoms with Gasteiger partial charge in [0, 0.05) is 42.1 Å². The highest BCUT2D eigenvalue weighted by Crippen LogP contribution is 2.47. The summed E-state index contributed by atoms with van der Waals surface area (Å²) in [7, 11) is 0. The van der Waals surface area contributed by atoms with E-state index in [1.807, 2.05) is 42.7 Å². The van der Waals surface area contributed by atoms with E-state index in [1.165, 1.54) is 17.8 Å². The molecule has 2 heterocycles. The monoisotopic (exact) mass is 589 g/mol. The molecule has 0 radical (unpaired) electrons. The summed E-state index contributed by atoms with van der Waals surface area (Å²) in [6.07, 6.45) is 5.41.